The monoisotopic (exact) mass is 346 g/mol. The Morgan fingerprint density at radius 1 is 1.12 bits per heavy atom. The number of hydrogen-bond donors (Lipinski definition) is 0. The number of rotatable bonds is 0. The van der Waals surface area contributed by atoms with Crippen LogP contribution in [0.15, 0.2) is 11.6 Å². The van der Waals surface area contributed by atoms with Crippen LogP contribution in [-0.2, 0) is 4.79 Å². The topological polar surface area (TPSA) is 17.1 Å². The van der Waals surface area contributed by atoms with Gasteiger partial charge in [0, 0.05) is 11.8 Å². The molecular weight excluding hydrogens is 312 g/mol. The van der Waals surface area contributed by atoms with Gasteiger partial charge in [0.15, 0.2) is 0 Å². The number of Topliss-reactive ketones (excluding diaryl/α,β-unsaturated/α-hetero) is 1. The summed E-state index contributed by atoms with van der Waals surface area (Å²) in [5, 5.41) is 3.65. The predicted molar refractivity (Wildman–Crippen MR) is 106 cm³/mol. The maximum Gasteiger partial charge on any atom is 0.138 e. The first kappa shape index (κ1) is 18.1. The summed E-state index contributed by atoms with van der Waals surface area (Å²) in [7, 11) is -0.802. The third-order valence-electron chi connectivity index (χ3n) is 6.97. The molecule has 3 rings (SSSR count). The summed E-state index contributed by atoms with van der Waals surface area (Å²) in [5.74, 6) is 4.76. The normalized spacial score (nSPS) is 39.0. The van der Waals surface area contributed by atoms with Crippen molar-refractivity contribution in [2.45, 2.75) is 65.7 Å². The minimum absolute atomic E-state index is 0.0975. The molecule has 0 amide bonds. The molecule has 0 saturated heterocycles. The van der Waals surface area contributed by atoms with Gasteiger partial charge in [0.1, 0.15) is 5.78 Å². The smallest absolute Gasteiger partial charge is 0.138 e. The molecule has 2 heteroatoms. The third kappa shape index (κ3) is 2.78. The Hall–Kier alpha value is -0.680. The van der Waals surface area contributed by atoms with Crippen LogP contribution in [0.1, 0.15) is 65.7 Å². The lowest BCUT2D eigenvalue weighted by atomic mass is 9.44. The van der Waals surface area contributed by atoms with E-state index in [-0.39, 0.29) is 16.2 Å². The molecule has 1 nitrogen and oxygen atoms in total. The molecule has 3 unspecified atom stereocenters. The standard InChI is InChI=1S/C22H34OS/c1-20(2)17-10-14-22(15-16-24(4,5)6)12-8-7-9-18(22)21(17,3)13-11-19(20)23/h9,17H,7-8,10-14H2,1-6H3. The third-order valence-corrected chi connectivity index (χ3v) is 7.69. The maximum atomic E-state index is 12.6. The van der Waals surface area contributed by atoms with E-state index >= 15 is 0 Å². The van der Waals surface area contributed by atoms with E-state index in [1.165, 1.54) is 19.3 Å². The second-order valence-electron chi connectivity index (χ2n) is 9.81. The predicted octanol–water partition coefficient (Wildman–Crippen LogP) is 5.54. The van der Waals surface area contributed by atoms with Gasteiger partial charge >= 0.3 is 0 Å². The van der Waals surface area contributed by atoms with E-state index in [4.69, 9.17) is 0 Å². The van der Waals surface area contributed by atoms with Crippen LogP contribution in [-0.4, -0.2) is 24.6 Å². The van der Waals surface area contributed by atoms with Crippen LogP contribution >= 0.6 is 10.0 Å². The van der Waals surface area contributed by atoms with Gasteiger partial charge in [-0.05, 0) is 74.2 Å². The van der Waals surface area contributed by atoms with E-state index in [0.717, 1.165) is 25.7 Å². The molecular formula is C22H34OS. The fourth-order valence-electron chi connectivity index (χ4n) is 5.72. The van der Waals surface area contributed by atoms with Crippen molar-refractivity contribution in [2.24, 2.45) is 22.2 Å². The van der Waals surface area contributed by atoms with Crippen molar-refractivity contribution in [1.29, 1.82) is 0 Å². The minimum Gasteiger partial charge on any atom is -0.299 e. The number of carbonyl (C=O) groups excluding carboxylic acids is 1. The average Bonchev–Trinajstić information content (AvgIpc) is 2.49. The fourth-order valence-corrected chi connectivity index (χ4v) is 6.22. The zero-order chi connectivity index (χ0) is 17.8. The summed E-state index contributed by atoms with van der Waals surface area (Å²) >= 11 is 0. The summed E-state index contributed by atoms with van der Waals surface area (Å²) in [5.41, 5.74) is 1.69. The molecule has 0 spiro atoms. The lowest BCUT2D eigenvalue weighted by molar-refractivity contribution is -0.141. The molecule has 134 valence electrons. The van der Waals surface area contributed by atoms with Gasteiger partial charge in [0.25, 0.3) is 0 Å². The molecule has 0 bridgehead atoms. The summed E-state index contributed by atoms with van der Waals surface area (Å²) in [6.45, 7) is 6.83. The highest BCUT2D eigenvalue weighted by Gasteiger charge is 2.59. The van der Waals surface area contributed by atoms with Gasteiger partial charge in [0.05, 0.1) is 5.41 Å². The molecule has 0 aliphatic heterocycles. The van der Waals surface area contributed by atoms with Crippen molar-refractivity contribution in [3.8, 4) is 11.2 Å². The Labute approximate surface area is 150 Å². The van der Waals surface area contributed by atoms with Gasteiger partial charge in [-0.25, -0.2) is 0 Å². The quantitative estimate of drug-likeness (QED) is 0.415. The van der Waals surface area contributed by atoms with Gasteiger partial charge in [-0.2, -0.15) is 10.0 Å². The Morgan fingerprint density at radius 2 is 1.83 bits per heavy atom. The van der Waals surface area contributed by atoms with Crippen LogP contribution in [0.25, 0.3) is 0 Å². The highest BCUT2D eigenvalue weighted by atomic mass is 32.3. The van der Waals surface area contributed by atoms with Crippen LogP contribution in [0.2, 0.25) is 0 Å². The molecule has 2 saturated carbocycles. The van der Waals surface area contributed by atoms with Crippen molar-refractivity contribution in [2.75, 3.05) is 18.8 Å². The number of ketones is 1. The summed E-state index contributed by atoms with van der Waals surface area (Å²) in [6, 6.07) is 0. The van der Waals surface area contributed by atoms with E-state index in [0.29, 0.717) is 11.7 Å². The van der Waals surface area contributed by atoms with Crippen LogP contribution in [0.3, 0.4) is 0 Å². The lowest BCUT2D eigenvalue weighted by Gasteiger charge is -2.59. The second kappa shape index (κ2) is 5.66. The average molecular weight is 347 g/mol. The Morgan fingerprint density at radius 3 is 2.50 bits per heavy atom. The first-order valence-corrected chi connectivity index (χ1v) is 12.3. The molecule has 0 aromatic heterocycles. The molecule has 0 aromatic rings. The zero-order valence-electron chi connectivity index (χ0n) is 16.4. The highest BCUT2D eigenvalue weighted by molar-refractivity contribution is 8.35. The van der Waals surface area contributed by atoms with Crippen molar-refractivity contribution < 1.29 is 4.79 Å². The molecule has 24 heavy (non-hydrogen) atoms. The number of fused-ring (bicyclic) bond motifs is 3. The van der Waals surface area contributed by atoms with Crippen molar-refractivity contribution in [1.82, 2.24) is 0 Å². The van der Waals surface area contributed by atoms with E-state index in [1.54, 1.807) is 5.57 Å². The Bertz CT molecular complexity index is 639. The molecule has 3 aliphatic rings. The highest BCUT2D eigenvalue weighted by Crippen LogP contribution is 2.65. The van der Waals surface area contributed by atoms with Gasteiger partial charge in [-0.1, -0.05) is 38.0 Å². The van der Waals surface area contributed by atoms with E-state index < -0.39 is 10.0 Å². The van der Waals surface area contributed by atoms with Crippen molar-refractivity contribution in [3.63, 3.8) is 0 Å². The van der Waals surface area contributed by atoms with E-state index in [9.17, 15) is 4.79 Å². The van der Waals surface area contributed by atoms with Gasteiger partial charge < -0.3 is 0 Å². The molecule has 0 heterocycles. The van der Waals surface area contributed by atoms with E-state index in [1.807, 2.05) is 0 Å². The minimum atomic E-state index is -0.802. The second-order valence-corrected chi connectivity index (χ2v) is 13.7. The number of carbonyl (C=O) groups is 1. The largest absolute Gasteiger partial charge is 0.299 e. The molecule has 3 aliphatic carbocycles. The van der Waals surface area contributed by atoms with Gasteiger partial charge in [-0.3, -0.25) is 4.79 Å². The SMILES string of the molecule is CC1(C)C(=O)CCC2(C)C3=CCCCC3(C#CS(C)(C)C)CCC12. The zero-order valence-corrected chi connectivity index (χ0v) is 17.2. The fraction of sp³-hybridized carbons (Fsp3) is 0.773. The molecule has 2 fully saturated rings. The Kier molecular flexibility index (Phi) is 4.28. The maximum absolute atomic E-state index is 12.6. The van der Waals surface area contributed by atoms with Gasteiger partial charge in [-0.15, -0.1) is 0 Å². The lowest BCUT2D eigenvalue weighted by Crippen LogP contribution is -2.54. The molecule has 3 atom stereocenters. The Balaban J connectivity index is 2.07. The van der Waals surface area contributed by atoms with Crippen LogP contribution < -0.4 is 0 Å². The van der Waals surface area contributed by atoms with E-state index in [2.05, 4.69) is 56.8 Å². The van der Waals surface area contributed by atoms with Crippen LogP contribution in [0.5, 0.6) is 0 Å². The molecule has 0 aromatic carbocycles. The van der Waals surface area contributed by atoms with Crippen LogP contribution in [0, 0.1) is 33.3 Å². The van der Waals surface area contributed by atoms with Crippen LogP contribution in [0.4, 0.5) is 0 Å². The summed E-state index contributed by atoms with van der Waals surface area (Å²) in [6.07, 6.45) is 17.1. The first-order valence-electron chi connectivity index (χ1n) is 9.48. The molecule has 0 N–H and O–H groups in total. The molecule has 0 radical (unpaired) electrons. The first-order chi connectivity index (χ1) is 11.0. The van der Waals surface area contributed by atoms with Gasteiger partial charge in [0.2, 0.25) is 0 Å². The number of hydrogen-bond acceptors (Lipinski definition) is 1. The van der Waals surface area contributed by atoms with Crippen molar-refractivity contribution >= 4 is 15.8 Å². The number of allylic oxidation sites excluding steroid dienone is 2. The summed E-state index contributed by atoms with van der Waals surface area (Å²) in [4.78, 5) is 12.6. The summed E-state index contributed by atoms with van der Waals surface area (Å²) < 4.78 is 0. The van der Waals surface area contributed by atoms with Crippen molar-refractivity contribution in [3.05, 3.63) is 11.6 Å².